The van der Waals surface area contributed by atoms with E-state index >= 15 is 0 Å². The van der Waals surface area contributed by atoms with Crippen molar-refractivity contribution < 1.29 is 9.53 Å². The molecule has 3 nitrogen and oxygen atoms in total. The Balaban J connectivity index is 2.02. The van der Waals surface area contributed by atoms with E-state index in [1.54, 1.807) is 7.11 Å². The van der Waals surface area contributed by atoms with Gasteiger partial charge in [-0.2, -0.15) is 0 Å². The summed E-state index contributed by atoms with van der Waals surface area (Å²) in [5.41, 5.74) is 3.99. The van der Waals surface area contributed by atoms with Gasteiger partial charge in [0.1, 0.15) is 5.75 Å². The maximum Gasteiger partial charge on any atom is 0.257 e. The molecule has 1 heterocycles. The number of methoxy groups -OCH3 is 1. The Morgan fingerprint density at radius 2 is 1.64 bits per heavy atom. The molecule has 2 aromatic carbocycles. The van der Waals surface area contributed by atoms with Gasteiger partial charge in [-0.25, -0.2) is 0 Å². The molecule has 0 saturated carbocycles. The number of hydrogen-bond donors (Lipinski definition) is 0. The molecule has 1 saturated heterocycles. The molecule has 3 heteroatoms. The molecule has 0 bridgehead atoms. The Bertz CT molecular complexity index is 713. The highest BCUT2D eigenvalue weighted by Gasteiger charge is 2.44. The van der Waals surface area contributed by atoms with Gasteiger partial charge in [0.25, 0.3) is 5.91 Å². The van der Waals surface area contributed by atoms with E-state index in [0.29, 0.717) is 0 Å². The summed E-state index contributed by atoms with van der Waals surface area (Å²) in [6.07, 6.45) is 0. The molecule has 1 aliphatic rings. The van der Waals surface area contributed by atoms with E-state index in [4.69, 9.17) is 4.74 Å². The molecule has 3 rings (SSSR count). The number of rotatable bonds is 3. The molecule has 1 amide bonds. The summed E-state index contributed by atoms with van der Waals surface area (Å²) in [5, 5.41) is 0. The van der Waals surface area contributed by atoms with Gasteiger partial charge in [0.15, 0.2) is 0 Å². The first-order valence-corrected chi connectivity index (χ1v) is 7.33. The summed E-state index contributed by atoms with van der Waals surface area (Å²) >= 11 is 0. The number of nitrogens with zero attached hydrogens (tertiary/aromatic N) is 1. The SMILES string of the molecule is COc1ccc(N2C(=O)C(=C(C)C)C2c2ccccc2)cc1. The Morgan fingerprint density at radius 1 is 1.00 bits per heavy atom. The maximum atomic E-state index is 12.6. The summed E-state index contributed by atoms with van der Waals surface area (Å²) in [7, 11) is 1.64. The molecule has 0 aliphatic carbocycles. The van der Waals surface area contributed by atoms with Crippen molar-refractivity contribution in [3.8, 4) is 5.75 Å². The molecule has 22 heavy (non-hydrogen) atoms. The zero-order valence-electron chi connectivity index (χ0n) is 13.0. The third-order valence-corrected chi connectivity index (χ3v) is 3.99. The van der Waals surface area contributed by atoms with E-state index in [2.05, 4.69) is 12.1 Å². The molecule has 112 valence electrons. The Morgan fingerprint density at radius 3 is 2.18 bits per heavy atom. The molecule has 0 N–H and O–H groups in total. The molecular formula is C19H19NO2. The minimum atomic E-state index is -0.00732. The molecule has 2 aromatic rings. The van der Waals surface area contributed by atoms with Gasteiger partial charge >= 0.3 is 0 Å². The summed E-state index contributed by atoms with van der Waals surface area (Å²) in [5.74, 6) is 0.870. The molecule has 1 unspecified atom stereocenters. The summed E-state index contributed by atoms with van der Waals surface area (Å²) < 4.78 is 5.19. The van der Waals surface area contributed by atoms with Gasteiger partial charge in [0, 0.05) is 11.3 Å². The number of carbonyl (C=O) groups is 1. The van der Waals surface area contributed by atoms with Gasteiger partial charge in [0.2, 0.25) is 0 Å². The lowest BCUT2D eigenvalue weighted by Crippen LogP contribution is -2.49. The van der Waals surface area contributed by atoms with Gasteiger partial charge in [-0.05, 0) is 43.7 Å². The highest BCUT2D eigenvalue weighted by molar-refractivity contribution is 6.15. The number of ether oxygens (including phenoxy) is 1. The molecule has 1 fully saturated rings. The number of anilines is 1. The second-order valence-electron chi connectivity index (χ2n) is 5.60. The van der Waals surface area contributed by atoms with Crippen molar-refractivity contribution in [3.05, 3.63) is 71.3 Å². The van der Waals surface area contributed by atoms with Gasteiger partial charge in [-0.15, -0.1) is 0 Å². The van der Waals surface area contributed by atoms with Crippen LogP contribution in [-0.2, 0) is 4.79 Å². The van der Waals surface area contributed by atoms with Crippen LogP contribution in [0.15, 0.2) is 65.7 Å². The number of β-lactam (4-membered cyclic amide) rings is 1. The normalized spacial score (nSPS) is 17.2. The van der Waals surface area contributed by atoms with Gasteiger partial charge in [-0.1, -0.05) is 35.9 Å². The highest BCUT2D eigenvalue weighted by Crippen LogP contribution is 2.44. The predicted octanol–water partition coefficient (Wildman–Crippen LogP) is 4.12. The third-order valence-electron chi connectivity index (χ3n) is 3.99. The summed E-state index contributed by atoms with van der Waals surface area (Å²) in [6, 6.07) is 17.7. The monoisotopic (exact) mass is 293 g/mol. The van der Waals surface area contributed by atoms with Crippen LogP contribution in [0.25, 0.3) is 0 Å². The zero-order chi connectivity index (χ0) is 15.7. The number of amides is 1. The van der Waals surface area contributed by atoms with E-state index < -0.39 is 0 Å². The summed E-state index contributed by atoms with van der Waals surface area (Å²) in [6.45, 7) is 3.99. The van der Waals surface area contributed by atoms with E-state index in [1.165, 1.54) is 0 Å². The molecular weight excluding hydrogens is 274 g/mol. The van der Waals surface area contributed by atoms with E-state index in [0.717, 1.165) is 28.1 Å². The van der Waals surface area contributed by atoms with Crippen molar-refractivity contribution >= 4 is 11.6 Å². The number of allylic oxidation sites excluding steroid dienone is 1. The van der Waals surface area contributed by atoms with Gasteiger partial charge in [0.05, 0.1) is 13.2 Å². The molecule has 0 spiro atoms. The minimum absolute atomic E-state index is 0.00732. The van der Waals surface area contributed by atoms with Crippen LogP contribution in [0.5, 0.6) is 5.75 Å². The standard InChI is InChI=1S/C19H19NO2/c1-13(2)17-18(14-7-5-4-6-8-14)20(19(17)21)15-9-11-16(22-3)12-10-15/h4-12,18H,1-3H3. The molecule has 0 aromatic heterocycles. The second-order valence-corrected chi connectivity index (χ2v) is 5.60. The van der Waals surface area contributed by atoms with Crippen LogP contribution in [0, 0.1) is 0 Å². The van der Waals surface area contributed by atoms with Crippen molar-refractivity contribution in [1.82, 2.24) is 0 Å². The van der Waals surface area contributed by atoms with Crippen LogP contribution < -0.4 is 9.64 Å². The number of hydrogen-bond acceptors (Lipinski definition) is 2. The molecule has 1 aliphatic heterocycles. The number of carbonyl (C=O) groups excluding carboxylic acids is 1. The largest absolute Gasteiger partial charge is 0.497 e. The predicted molar refractivity (Wildman–Crippen MR) is 88.0 cm³/mol. The zero-order valence-corrected chi connectivity index (χ0v) is 13.0. The van der Waals surface area contributed by atoms with Crippen molar-refractivity contribution in [2.45, 2.75) is 19.9 Å². The van der Waals surface area contributed by atoms with E-state index in [-0.39, 0.29) is 11.9 Å². The van der Waals surface area contributed by atoms with Crippen molar-refractivity contribution in [2.24, 2.45) is 0 Å². The van der Waals surface area contributed by atoms with Crippen LogP contribution >= 0.6 is 0 Å². The minimum Gasteiger partial charge on any atom is -0.497 e. The fourth-order valence-corrected chi connectivity index (χ4v) is 2.87. The van der Waals surface area contributed by atoms with Gasteiger partial charge in [-0.3, -0.25) is 9.69 Å². The Labute approximate surface area is 130 Å². The topological polar surface area (TPSA) is 29.5 Å². The Kier molecular flexibility index (Phi) is 3.72. The Hall–Kier alpha value is -2.55. The quantitative estimate of drug-likeness (QED) is 0.629. The van der Waals surface area contributed by atoms with Gasteiger partial charge < -0.3 is 4.74 Å². The first kappa shape index (κ1) is 14.4. The number of benzene rings is 2. The van der Waals surface area contributed by atoms with Crippen molar-refractivity contribution in [3.63, 3.8) is 0 Å². The lowest BCUT2D eigenvalue weighted by Gasteiger charge is -2.44. The fourth-order valence-electron chi connectivity index (χ4n) is 2.87. The third kappa shape index (κ3) is 2.29. The fraction of sp³-hybridized carbons (Fsp3) is 0.211. The average Bonchev–Trinajstić information content (AvgIpc) is 2.53. The highest BCUT2D eigenvalue weighted by atomic mass is 16.5. The second kappa shape index (κ2) is 5.68. The molecule has 1 atom stereocenters. The smallest absolute Gasteiger partial charge is 0.257 e. The van der Waals surface area contributed by atoms with Crippen LogP contribution in [0.1, 0.15) is 25.5 Å². The molecule has 0 radical (unpaired) electrons. The first-order valence-electron chi connectivity index (χ1n) is 7.33. The van der Waals surface area contributed by atoms with E-state index in [1.807, 2.05) is 61.2 Å². The summed E-state index contributed by atoms with van der Waals surface area (Å²) in [4.78, 5) is 14.4. The first-order chi connectivity index (χ1) is 10.6. The maximum absolute atomic E-state index is 12.6. The van der Waals surface area contributed by atoms with Crippen LogP contribution in [0.3, 0.4) is 0 Å². The van der Waals surface area contributed by atoms with E-state index in [9.17, 15) is 4.79 Å². The lowest BCUT2D eigenvalue weighted by atomic mass is 9.85. The van der Waals surface area contributed by atoms with Crippen molar-refractivity contribution in [2.75, 3.05) is 12.0 Å². The van der Waals surface area contributed by atoms with Crippen LogP contribution in [0.2, 0.25) is 0 Å². The van der Waals surface area contributed by atoms with Crippen LogP contribution in [-0.4, -0.2) is 13.0 Å². The van der Waals surface area contributed by atoms with Crippen LogP contribution in [0.4, 0.5) is 5.69 Å². The average molecular weight is 293 g/mol. The van der Waals surface area contributed by atoms with Crippen molar-refractivity contribution in [1.29, 1.82) is 0 Å². The lowest BCUT2D eigenvalue weighted by molar-refractivity contribution is -0.119.